The second kappa shape index (κ2) is 5.07. The summed E-state index contributed by atoms with van der Waals surface area (Å²) >= 11 is 0. The molecule has 1 N–H and O–H groups in total. The first-order valence-corrected chi connectivity index (χ1v) is 6.69. The van der Waals surface area contributed by atoms with E-state index in [0.29, 0.717) is 12.2 Å². The van der Waals surface area contributed by atoms with Crippen LogP contribution in [0.1, 0.15) is 46.0 Å². The molecule has 0 radical (unpaired) electrons. The Kier molecular flexibility index (Phi) is 3.69. The van der Waals surface area contributed by atoms with E-state index in [4.69, 9.17) is 0 Å². The number of hydrogen-bond acceptors (Lipinski definition) is 2. The zero-order valence-electron chi connectivity index (χ0n) is 10.7. The van der Waals surface area contributed by atoms with Crippen molar-refractivity contribution in [2.24, 2.45) is 5.92 Å². The highest BCUT2D eigenvalue weighted by Crippen LogP contribution is 2.33. The van der Waals surface area contributed by atoms with E-state index < -0.39 is 0 Å². The van der Waals surface area contributed by atoms with Crippen molar-refractivity contribution < 1.29 is 9.59 Å². The molecule has 1 heterocycles. The zero-order valence-corrected chi connectivity index (χ0v) is 10.7. The van der Waals surface area contributed by atoms with Crippen LogP contribution >= 0.6 is 0 Å². The topological polar surface area (TPSA) is 49.4 Å². The number of rotatable bonds is 2. The summed E-state index contributed by atoms with van der Waals surface area (Å²) in [5, 5.41) is 2.93. The normalized spacial score (nSPS) is 29.1. The number of Topliss-reactive ketones (excluding diaryl/α,β-unsaturated/α-hetero) is 1. The third kappa shape index (κ3) is 2.61. The lowest BCUT2D eigenvalue weighted by Crippen LogP contribution is -2.48. The van der Waals surface area contributed by atoms with Gasteiger partial charge in [0.2, 0.25) is 0 Å². The predicted octanol–water partition coefficient (Wildman–Crippen LogP) is 1.94. The molecule has 96 valence electrons. The second-order valence-corrected chi connectivity index (χ2v) is 5.47. The highest BCUT2D eigenvalue weighted by Gasteiger charge is 2.40. The number of amides is 2. The van der Waals surface area contributed by atoms with Crippen LogP contribution in [0.15, 0.2) is 0 Å². The van der Waals surface area contributed by atoms with E-state index in [1.165, 1.54) is 0 Å². The molecule has 2 rings (SSSR count). The quantitative estimate of drug-likeness (QED) is 0.799. The molecule has 0 aromatic rings. The van der Waals surface area contributed by atoms with E-state index in [0.717, 1.165) is 32.2 Å². The molecule has 0 spiro atoms. The van der Waals surface area contributed by atoms with Gasteiger partial charge >= 0.3 is 6.03 Å². The summed E-state index contributed by atoms with van der Waals surface area (Å²) in [6.07, 6.45) is 4.69. The molecule has 1 saturated heterocycles. The predicted molar refractivity (Wildman–Crippen MR) is 65.7 cm³/mol. The van der Waals surface area contributed by atoms with Gasteiger partial charge in [0.25, 0.3) is 0 Å². The summed E-state index contributed by atoms with van der Waals surface area (Å²) in [5.41, 5.74) is 0. The number of carbonyl (C=O) groups is 2. The Morgan fingerprint density at radius 1 is 1.35 bits per heavy atom. The molecule has 1 aliphatic carbocycles. The van der Waals surface area contributed by atoms with E-state index in [-0.39, 0.29) is 24.0 Å². The van der Waals surface area contributed by atoms with Crippen molar-refractivity contribution in [3.63, 3.8) is 0 Å². The van der Waals surface area contributed by atoms with E-state index in [1.54, 1.807) is 0 Å². The van der Waals surface area contributed by atoms with Crippen LogP contribution in [0.3, 0.4) is 0 Å². The van der Waals surface area contributed by atoms with Crippen LogP contribution in [-0.2, 0) is 4.79 Å². The monoisotopic (exact) mass is 238 g/mol. The minimum absolute atomic E-state index is 0.00204. The van der Waals surface area contributed by atoms with Crippen LogP contribution in [0.4, 0.5) is 4.79 Å². The fraction of sp³-hybridized carbons (Fsp3) is 0.846. The number of likely N-dealkylation sites (tertiary alicyclic amines) is 1. The standard InChI is InChI=1S/C13H22N2O2/c1-9(2)14-13(17)15-8-4-6-11(15)10-5-3-7-12(10)16/h9-11H,3-8H2,1-2H3,(H,14,17). The maximum atomic E-state index is 12.0. The maximum absolute atomic E-state index is 12.0. The summed E-state index contributed by atoms with van der Waals surface area (Å²) in [7, 11) is 0. The molecule has 4 nitrogen and oxygen atoms in total. The van der Waals surface area contributed by atoms with Gasteiger partial charge in [0.05, 0.1) is 0 Å². The van der Waals surface area contributed by atoms with Crippen LogP contribution in [-0.4, -0.2) is 35.3 Å². The highest BCUT2D eigenvalue weighted by molar-refractivity contribution is 5.84. The summed E-state index contributed by atoms with van der Waals surface area (Å²) in [4.78, 5) is 25.7. The van der Waals surface area contributed by atoms with E-state index >= 15 is 0 Å². The molecule has 2 aliphatic rings. The van der Waals surface area contributed by atoms with E-state index in [9.17, 15) is 9.59 Å². The highest BCUT2D eigenvalue weighted by atomic mass is 16.2. The fourth-order valence-electron chi connectivity index (χ4n) is 3.04. The second-order valence-electron chi connectivity index (χ2n) is 5.47. The molecular formula is C13H22N2O2. The number of nitrogens with one attached hydrogen (secondary N) is 1. The Balaban J connectivity index is 2.01. The van der Waals surface area contributed by atoms with Crippen molar-refractivity contribution in [3.05, 3.63) is 0 Å². The Morgan fingerprint density at radius 2 is 2.12 bits per heavy atom. The maximum Gasteiger partial charge on any atom is 0.317 e. The Labute approximate surface area is 103 Å². The SMILES string of the molecule is CC(C)NC(=O)N1CCCC1C1CCCC1=O. The van der Waals surface area contributed by atoms with Crippen molar-refractivity contribution in [3.8, 4) is 0 Å². The molecule has 4 heteroatoms. The van der Waals surface area contributed by atoms with Crippen LogP contribution in [0.5, 0.6) is 0 Å². The number of carbonyl (C=O) groups excluding carboxylic acids is 2. The smallest absolute Gasteiger partial charge is 0.317 e. The van der Waals surface area contributed by atoms with Gasteiger partial charge in [0, 0.05) is 31.0 Å². The number of hydrogen-bond donors (Lipinski definition) is 1. The Hall–Kier alpha value is -1.06. The molecule has 17 heavy (non-hydrogen) atoms. The van der Waals surface area contributed by atoms with Crippen molar-refractivity contribution in [1.82, 2.24) is 10.2 Å². The van der Waals surface area contributed by atoms with Crippen molar-refractivity contribution in [2.45, 2.75) is 58.0 Å². The van der Waals surface area contributed by atoms with Gasteiger partial charge in [0.15, 0.2) is 0 Å². The van der Waals surface area contributed by atoms with Crippen LogP contribution in [0, 0.1) is 5.92 Å². The van der Waals surface area contributed by atoms with Crippen molar-refractivity contribution >= 4 is 11.8 Å². The lowest BCUT2D eigenvalue weighted by atomic mass is 9.95. The van der Waals surface area contributed by atoms with Gasteiger partial charge < -0.3 is 10.2 Å². The average molecular weight is 238 g/mol. The fourth-order valence-corrected chi connectivity index (χ4v) is 3.04. The number of urea groups is 1. The lowest BCUT2D eigenvalue weighted by molar-refractivity contribution is -0.121. The third-order valence-electron chi connectivity index (χ3n) is 3.79. The van der Waals surface area contributed by atoms with Gasteiger partial charge in [-0.3, -0.25) is 4.79 Å². The summed E-state index contributed by atoms with van der Waals surface area (Å²) in [6, 6.07) is 0.314. The first kappa shape index (κ1) is 12.4. The minimum Gasteiger partial charge on any atom is -0.336 e. The molecule has 2 fully saturated rings. The van der Waals surface area contributed by atoms with Crippen LogP contribution in [0.25, 0.3) is 0 Å². The summed E-state index contributed by atoms with van der Waals surface area (Å²) < 4.78 is 0. The van der Waals surface area contributed by atoms with E-state index in [2.05, 4.69) is 5.32 Å². The van der Waals surface area contributed by atoms with Gasteiger partial charge in [0.1, 0.15) is 5.78 Å². The first-order chi connectivity index (χ1) is 8.09. The van der Waals surface area contributed by atoms with Gasteiger partial charge in [-0.15, -0.1) is 0 Å². The van der Waals surface area contributed by atoms with Crippen molar-refractivity contribution in [1.29, 1.82) is 0 Å². The molecule has 0 aromatic carbocycles. The van der Waals surface area contributed by atoms with Crippen LogP contribution < -0.4 is 5.32 Å². The Morgan fingerprint density at radius 3 is 2.71 bits per heavy atom. The molecule has 2 amide bonds. The summed E-state index contributed by atoms with van der Waals surface area (Å²) in [6.45, 7) is 4.72. The molecular weight excluding hydrogens is 216 g/mol. The summed E-state index contributed by atoms with van der Waals surface area (Å²) in [5.74, 6) is 0.467. The van der Waals surface area contributed by atoms with Gasteiger partial charge in [-0.1, -0.05) is 0 Å². The molecule has 0 bridgehead atoms. The zero-order chi connectivity index (χ0) is 12.4. The van der Waals surface area contributed by atoms with Gasteiger partial charge in [-0.05, 0) is 39.5 Å². The number of ketones is 1. The molecule has 1 saturated carbocycles. The number of nitrogens with zero attached hydrogens (tertiary/aromatic N) is 1. The van der Waals surface area contributed by atoms with Gasteiger partial charge in [-0.25, -0.2) is 4.79 Å². The largest absolute Gasteiger partial charge is 0.336 e. The van der Waals surface area contributed by atoms with Crippen molar-refractivity contribution in [2.75, 3.05) is 6.54 Å². The molecule has 1 aliphatic heterocycles. The minimum atomic E-state index is 0.00204. The van der Waals surface area contributed by atoms with E-state index in [1.807, 2.05) is 18.7 Å². The molecule has 2 atom stereocenters. The molecule has 0 aromatic heterocycles. The first-order valence-electron chi connectivity index (χ1n) is 6.69. The third-order valence-corrected chi connectivity index (χ3v) is 3.79. The van der Waals surface area contributed by atoms with Gasteiger partial charge in [-0.2, -0.15) is 0 Å². The lowest BCUT2D eigenvalue weighted by Gasteiger charge is -2.29. The molecule has 2 unspecified atom stereocenters. The Bertz CT molecular complexity index is 315. The van der Waals surface area contributed by atoms with Crippen LogP contribution in [0.2, 0.25) is 0 Å². The average Bonchev–Trinajstić information content (AvgIpc) is 2.83.